The van der Waals surface area contributed by atoms with Crippen LogP contribution in [0.5, 0.6) is 5.75 Å². The maximum Gasteiger partial charge on any atom is 0.261 e. The van der Waals surface area contributed by atoms with Gasteiger partial charge in [-0.25, -0.2) is 0 Å². The molecule has 1 atom stereocenters. The Morgan fingerprint density at radius 1 is 1.08 bits per heavy atom. The van der Waals surface area contributed by atoms with Crippen molar-refractivity contribution >= 4 is 29.1 Å². The van der Waals surface area contributed by atoms with Gasteiger partial charge >= 0.3 is 0 Å². The van der Waals surface area contributed by atoms with E-state index in [4.69, 9.17) is 16.3 Å². The molecule has 26 heavy (non-hydrogen) atoms. The van der Waals surface area contributed by atoms with Gasteiger partial charge in [0, 0.05) is 29.6 Å². The molecule has 0 radical (unpaired) electrons. The second-order valence-electron chi connectivity index (χ2n) is 6.74. The summed E-state index contributed by atoms with van der Waals surface area (Å²) in [5.74, 6) is 0.831. The number of amides is 2. The molecule has 134 valence electrons. The third kappa shape index (κ3) is 3.83. The first-order chi connectivity index (χ1) is 12.6. The van der Waals surface area contributed by atoms with Crippen molar-refractivity contribution in [1.29, 1.82) is 0 Å². The number of anilines is 1. The van der Waals surface area contributed by atoms with Gasteiger partial charge in [0.1, 0.15) is 5.75 Å². The summed E-state index contributed by atoms with van der Waals surface area (Å²) in [7, 11) is 0. The number of carbonyl (C=O) groups is 2. The Bertz CT molecular complexity index is 847. The number of fused-ring (bicyclic) bond motifs is 1. The van der Waals surface area contributed by atoms with Crippen LogP contribution in [0.3, 0.4) is 0 Å². The van der Waals surface area contributed by atoms with Crippen molar-refractivity contribution < 1.29 is 14.3 Å². The Morgan fingerprint density at radius 2 is 1.85 bits per heavy atom. The minimum absolute atomic E-state index is 0.0871. The fourth-order valence-electron chi connectivity index (χ4n) is 2.96. The summed E-state index contributed by atoms with van der Waals surface area (Å²) in [5.41, 5.74) is 2.69. The molecule has 1 aliphatic heterocycles. The lowest BCUT2D eigenvalue weighted by Gasteiger charge is -2.12. The highest BCUT2D eigenvalue weighted by Gasteiger charge is 2.30. The normalized spacial score (nSPS) is 18.0. The number of rotatable bonds is 5. The van der Waals surface area contributed by atoms with Crippen LogP contribution in [-0.4, -0.2) is 17.9 Å². The van der Waals surface area contributed by atoms with E-state index in [0.29, 0.717) is 23.7 Å². The van der Waals surface area contributed by atoms with E-state index in [-0.39, 0.29) is 17.7 Å². The first-order valence-electron chi connectivity index (χ1n) is 8.71. The van der Waals surface area contributed by atoms with Crippen molar-refractivity contribution in [2.45, 2.75) is 31.9 Å². The van der Waals surface area contributed by atoms with Gasteiger partial charge in [-0.1, -0.05) is 23.7 Å². The van der Waals surface area contributed by atoms with Crippen LogP contribution >= 0.6 is 11.6 Å². The molecular formula is C20H19ClN2O3. The zero-order valence-corrected chi connectivity index (χ0v) is 14.9. The van der Waals surface area contributed by atoms with E-state index in [0.717, 1.165) is 29.7 Å². The molecule has 1 heterocycles. The number of carbonyl (C=O) groups excluding carboxylic acids is 2. The number of hydrogen-bond acceptors (Lipinski definition) is 3. The van der Waals surface area contributed by atoms with E-state index in [2.05, 4.69) is 10.6 Å². The second kappa shape index (κ2) is 7.00. The molecule has 5 nitrogen and oxygen atoms in total. The summed E-state index contributed by atoms with van der Waals surface area (Å²) >= 11 is 5.97. The van der Waals surface area contributed by atoms with Crippen LogP contribution in [0.1, 0.15) is 24.0 Å². The summed E-state index contributed by atoms with van der Waals surface area (Å²) in [6.45, 7) is 0.409. The van der Waals surface area contributed by atoms with E-state index in [1.165, 1.54) is 0 Å². The zero-order chi connectivity index (χ0) is 18.1. The molecule has 6 heteroatoms. The Morgan fingerprint density at radius 3 is 2.58 bits per heavy atom. The SMILES string of the molecule is O=C(Nc1ccc(CNC(=O)[C@H]2Cc3cc(Cl)ccc3O2)cc1)C1CC1. The van der Waals surface area contributed by atoms with Gasteiger partial charge in [0.05, 0.1) is 0 Å². The summed E-state index contributed by atoms with van der Waals surface area (Å²) < 4.78 is 5.69. The predicted molar refractivity (Wildman–Crippen MR) is 99.2 cm³/mol. The number of hydrogen-bond donors (Lipinski definition) is 2. The molecule has 0 unspecified atom stereocenters. The lowest BCUT2D eigenvalue weighted by Crippen LogP contribution is -2.37. The lowest BCUT2D eigenvalue weighted by molar-refractivity contribution is -0.127. The van der Waals surface area contributed by atoms with Crippen molar-refractivity contribution in [1.82, 2.24) is 5.32 Å². The third-order valence-corrected chi connectivity index (χ3v) is 4.86. The highest BCUT2D eigenvalue weighted by atomic mass is 35.5. The molecule has 4 rings (SSSR count). The second-order valence-corrected chi connectivity index (χ2v) is 7.18. The molecule has 1 aliphatic carbocycles. The van der Waals surface area contributed by atoms with Crippen molar-refractivity contribution in [3.63, 3.8) is 0 Å². The van der Waals surface area contributed by atoms with Gasteiger partial charge in [0.25, 0.3) is 5.91 Å². The molecule has 2 aromatic rings. The van der Waals surface area contributed by atoms with Crippen molar-refractivity contribution in [2.24, 2.45) is 5.92 Å². The molecule has 2 amide bonds. The third-order valence-electron chi connectivity index (χ3n) is 4.63. The lowest BCUT2D eigenvalue weighted by atomic mass is 10.1. The van der Waals surface area contributed by atoms with E-state index in [1.54, 1.807) is 12.1 Å². The molecule has 0 aromatic heterocycles. The molecular weight excluding hydrogens is 352 g/mol. The van der Waals surface area contributed by atoms with Crippen LogP contribution in [0.4, 0.5) is 5.69 Å². The van der Waals surface area contributed by atoms with Gasteiger partial charge in [-0.15, -0.1) is 0 Å². The van der Waals surface area contributed by atoms with Gasteiger partial charge in [0.15, 0.2) is 6.10 Å². The fourth-order valence-corrected chi connectivity index (χ4v) is 3.16. The molecule has 0 saturated heterocycles. The summed E-state index contributed by atoms with van der Waals surface area (Å²) in [5, 5.41) is 6.43. The van der Waals surface area contributed by atoms with Crippen molar-refractivity contribution in [3.05, 3.63) is 58.6 Å². The van der Waals surface area contributed by atoms with E-state index in [1.807, 2.05) is 30.3 Å². The van der Waals surface area contributed by atoms with Crippen LogP contribution in [0, 0.1) is 5.92 Å². The van der Waals surface area contributed by atoms with E-state index in [9.17, 15) is 9.59 Å². The number of halogens is 1. The minimum atomic E-state index is -0.527. The Kier molecular flexibility index (Phi) is 4.55. The minimum Gasteiger partial charge on any atom is -0.480 e. The predicted octanol–water partition coefficient (Wildman–Crippen LogP) is 3.31. The topological polar surface area (TPSA) is 67.4 Å². The smallest absolute Gasteiger partial charge is 0.261 e. The van der Waals surface area contributed by atoms with Crippen molar-refractivity contribution in [3.8, 4) is 5.75 Å². The number of ether oxygens (including phenoxy) is 1. The molecule has 2 aliphatic rings. The van der Waals surface area contributed by atoms with E-state index < -0.39 is 6.10 Å². The molecule has 1 saturated carbocycles. The van der Waals surface area contributed by atoms with Crippen molar-refractivity contribution in [2.75, 3.05) is 5.32 Å². The largest absolute Gasteiger partial charge is 0.480 e. The van der Waals surface area contributed by atoms with Gasteiger partial charge in [-0.05, 0) is 54.3 Å². The first kappa shape index (κ1) is 16.9. The summed E-state index contributed by atoms with van der Waals surface area (Å²) in [6, 6.07) is 12.9. The molecule has 2 N–H and O–H groups in total. The average Bonchev–Trinajstić information content (AvgIpc) is 3.40. The van der Waals surface area contributed by atoms with Crippen LogP contribution < -0.4 is 15.4 Å². The maximum atomic E-state index is 12.3. The summed E-state index contributed by atoms with van der Waals surface area (Å²) in [6.07, 6.45) is 1.96. The van der Waals surface area contributed by atoms with E-state index >= 15 is 0 Å². The molecule has 1 fully saturated rings. The number of nitrogens with one attached hydrogen (secondary N) is 2. The van der Waals surface area contributed by atoms with Crippen LogP contribution in [0.15, 0.2) is 42.5 Å². The highest BCUT2D eigenvalue weighted by molar-refractivity contribution is 6.30. The first-order valence-corrected chi connectivity index (χ1v) is 9.09. The monoisotopic (exact) mass is 370 g/mol. The molecule has 2 aromatic carbocycles. The quantitative estimate of drug-likeness (QED) is 0.848. The van der Waals surface area contributed by atoms with Gasteiger partial charge in [0.2, 0.25) is 5.91 Å². The van der Waals surface area contributed by atoms with Gasteiger partial charge < -0.3 is 15.4 Å². The van der Waals surface area contributed by atoms with Gasteiger partial charge in [-0.2, -0.15) is 0 Å². The van der Waals surface area contributed by atoms with Crippen LogP contribution in [0.2, 0.25) is 5.02 Å². The molecule has 0 bridgehead atoms. The standard InChI is InChI=1S/C20H19ClN2O3/c21-15-5-8-17-14(9-15)10-18(26-17)20(25)22-11-12-1-6-16(7-2-12)23-19(24)13-3-4-13/h1-2,5-9,13,18H,3-4,10-11H2,(H,22,25)(H,23,24)/t18-/m1/s1. The Hall–Kier alpha value is -2.53. The molecule has 0 spiro atoms. The van der Waals surface area contributed by atoms with Crippen LogP contribution in [-0.2, 0) is 22.6 Å². The van der Waals surface area contributed by atoms with Crippen LogP contribution in [0.25, 0.3) is 0 Å². The fraction of sp³-hybridized carbons (Fsp3) is 0.300. The highest BCUT2D eigenvalue weighted by Crippen LogP contribution is 2.31. The maximum absolute atomic E-state index is 12.3. The Balaban J connectivity index is 1.28. The number of benzene rings is 2. The van der Waals surface area contributed by atoms with Gasteiger partial charge in [-0.3, -0.25) is 9.59 Å². The average molecular weight is 371 g/mol. The Labute approximate surface area is 156 Å². The summed E-state index contributed by atoms with van der Waals surface area (Å²) in [4.78, 5) is 24.1. The zero-order valence-electron chi connectivity index (χ0n) is 14.1.